The minimum Gasteiger partial charge on any atom is -0.466 e. The highest BCUT2D eigenvalue weighted by atomic mass is 16.5. The van der Waals surface area contributed by atoms with Crippen LogP contribution in [0.1, 0.15) is 59.3 Å². The van der Waals surface area contributed by atoms with Crippen molar-refractivity contribution in [2.24, 2.45) is 0 Å². The van der Waals surface area contributed by atoms with Crippen molar-refractivity contribution in [3.63, 3.8) is 0 Å². The molecule has 1 N–H and O–H groups in total. The van der Waals surface area contributed by atoms with Gasteiger partial charge in [0.2, 0.25) is 5.91 Å². The van der Waals surface area contributed by atoms with Crippen LogP contribution in [0.5, 0.6) is 0 Å². The number of nitrogens with one attached hydrogen (secondary N) is 1. The van der Waals surface area contributed by atoms with Crippen LogP contribution in [0.3, 0.4) is 0 Å². The fraction of sp³-hybridized carbons (Fsp3) is 0.800. The third-order valence-electron chi connectivity index (χ3n) is 2.80. The van der Waals surface area contributed by atoms with Crippen LogP contribution in [0.15, 0.2) is 0 Å². The van der Waals surface area contributed by atoms with E-state index in [0.29, 0.717) is 13.2 Å². The molecule has 0 heterocycles. The van der Waals surface area contributed by atoms with Crippen LogP contribution in [0.2, 0.25) is 0 Å². The Bertz CT molecular complexity index is 330. The van der Waals surface area contributed by atoms with Crippen LogP contribution in [-0.4, -0.2) is 37.1 Å². The molecule has 1 atom stereocenters. The largest absolute Gasteiger partial charge is 0.466 e. The molecule has 1 amide bonds. The molecule has 0 rings (SSSR count). The maximum absolute atomic E-state index is 11.8. The first-order chi connectivity index (χ1) is 10.0. The summed E-state index contributed by atoms with van der Waals surface area (Å²) >= 11 is 0. The van der Waals surface area contributed by atoms with Crippen molar-refractivity contribution >= 4 is 17.8 Å². The summed E-state index contributed by atoms with van der Waals surface area (Å²) in [6.07, 6.45) is 3.73. The Morgan fingerprint density at radius 2 is 1.57 bits per heavy atom. The second-order valence-electron chi connectivity index (χ2n) is 4.89. The summed E-state index contributed by atoms with van der Waals surface area (Å²) < 4.78 is 10.1. The number of carbonyl (C=O) groups excluding carboxylic acids is 3. The van der Waals surface area contributed by atoms with Crippen LogP contribution >= 0.6 is 0 Å². The van der Waals surface area contributed by atoms with Crippen molar-refractivity contribution in [1.82, 2.24) is 5.32 Å². The van der Waals surface area contributed by atoms with Gasteiger partial charge in [0.1, 0.15) is 6.04 Å². The first-order valence-electron chi connectivity index (χ1n) is 7.60. The Labute approximate surface area is 126 Å². The van der Waals surface area contributed by atoms with Gasteiger partial charge < -0.3 is 14.8 Å². The molecule has 6 nitrogen and oxygen atoms in total. The Morgan fingerprint density at radius 3 is 2.10 bits per heavy atom. The third-order valence-corrected chi connectivity index (χ3v) is 2.80. The second kappa shape index (κ2) is 12.2. The number of hydrogen-bond acceptors (Lipinski definition) is 5. The number of amides is 1. The molecule has 122 valence electrons. The Kier molecular flexibility index (Phi) is 11.3. The van der Waals surface area contributed by atoms with Crippen molar-refractivity contribution in [3.05, 3.63) is 0 Å². The van der Waals surface area contributed by atoms with Crippen molar-refractivity contribution in [2.45, 2.75) is 65.3 Å². The highest BCUT2D eigenvalue weighted by Crippen LogP contribution is 2.04. The van der Waals surface area contributed by atoms with Gasteiger partial charge in [-0.15, -0.1) is 0 Å². The smallest absolute Gasteiger partial charge is 0.328 e. The molecule has 0 fully saturated rings. The van der Waals surface area contributed by atoms with Crippen LogP contribution in [-0.2, 0) is 23.9 Å². The predicted octanol–water partition coefficient (Wildman–Crippen LogP) is 1.96. The Balaban J connectivity index is 4.19. The maximum Gasteiger partial charge on any atom is 0.328 e. The molecule has 6 heteroatoms. The highest BCUT2D eigenvalue weighted by Gasteiger charge is 2.22. The SMILES string of the molecule is CCCCOC(=O)CCC(NC(C)=O)C(=O)OCCCC. The fourth-order valence-electron chi connectivity index (χ4n) is 1.58. The van der Waals surface area contributed by atoms with E-state index in [9.17, 15) is 14.4 Å². The molecule has 0 aliphatic heterocycles. The maximum atomic E-state index is 11.8. The monoisotopic (exact) mass is 301 g/mol. The zero-order chi connectivity index (χ0) is 16.1. The number of carbonyl (C=O) groups is 3. The van der Waals surface area contributed by atoms with E-state index in [1.165, 1.54) is 6.92 Å². The van der Waals surface area contributed by atoms with E-state index in [-0.39, 0.29) is 24.7 Å². The molecular formula is C15H27NO5. The second-order valence-corrected chi connectivity index (χ2v) is 4.89. The lowest BCUT2D eigenvalue weighted by atomic mass is 10.1. The molecule has 0 saturated heterocycles. The minimum atomic E-state index is -0.793. The quantitative estimate of drug-likeness (QED) is 0.466. The molecule has 0 radical (unpaired) electrons. The van der Waals surface area contributed by atoms with E-state index >= 15 is 0 Å². The van der Waals surface area contributed by atoms with E-state index in [4.69, 9.17) is 9.47 Å². The summed E-state index contributed by atoms with van der Waals surface area (Å²) in [6.45, 7) is 6.04. The molecule has 0 aromatic heterocycles. The van der Waals surface area contributed by atoms with Gasteiger partial charge in [0, 0.05) is 13.3 Å². The number of rotatable bonds is 11. The Morgan fingerprint density at radius 1 is 1.00 bits per heavy atom. The van der Waals surface area contributed by atoms with Gasteiger partial charge in [-0.1, -0.05) is 26.7 Å². The summed E-state index contributed by atoms with van der Waals surface area (Å²) in [6, 6.07) is -0.793. The van der Waals surface area contributed by atoms with Crippen LogP contribution in [0, 0.1) is 0 Å². The van der Waals surface area contributed by atoms with Crippen molar-refractivity contribution in [1.29, 1.82) is 0 Å². The van der Waals surface area contributed by atoms with Gasteiger partial charge in [-0.25, -0.2) is 4.79 Å². The third kappa shape index (κ3) is 10.8. The topological polar surface area (TPSA) is 81.7 Å². The van der Waals surface area contributed by atoms with Gasteiger partial charge in [-0.3, -0.25) is 9.59 Å². The van der Waals surface area contributed by atoms with Gasteiger partial charge in [-0.2, -0.15) is 0 Å². The molecule has 0 bridgehead atoms. The standard InChI is InChI=1S/C15H27NO5/c1-4-6-10-20-14(18)9-8-13(16-12(3)17)15(19)21-11-7-5-2/h13H,4-11H2,1-3H3,(H,16,17). The minimum absolute atomic E-state index is 0.0809. The van der Waals surface area contributed by atoms with Crippen molar-refractivity contribution in [3.8, 4) is 0 Å². The molecule has 21 heavy (non-hydrogen) atoms. The fourth-order valence-corrected chi connectivity index (χ4v) is 1.58. The summed E-state index contributed by atoms with van der Waals surface area (Å²) in [4.78, 5) is 34.5. The van der Waals surface area contributed by atoms with Crippen LogP contribution in [0.4, 0.5) is 0 Å². The zero-order valence-electron chi connectivity index (χ0n) is 13.3. The molecule has 0 saturated carbocycles. The van der Waals surface area contributed by atoms with E-state index in [1.807, 2.05) is 13.8 Å². The molecule has 0 aliphatic carbocycles. The van der Waals surface area contributed by atoms with Crippen molar-refractivity contribution in [2.75, 3.05) is 13.2 Å². The van der Waals surface area contributed by atoms with Gasteiger partial charge in [0.05, 0.1) is 13.2 Å². The molecule has 0 aromatic carbocycles. The summed E-state index contributed by atoms with van der Waals surface area (Å²) in [5.74, 6) is -1.19. The normalized spacial score (nSPS) is 11.6. The van der Waals surface area contributed by atoms with Crippen LogP contribution in [0.25, 0.3) is 0 Å². The van der Waals surface area contributed by atoms with E-state index in [1.54, 1.807) is 0 Å². The highest BCUT2D eigenvalue weighted by molar-refractivity contribution is 5.83. The van der Waals surface area contributed by atoms with Gasteiger partial charge in [-0.05, 0) is 19.3 Å². The first-order valence-corrected chi connectivity index (χ1v) is 7.60. The molecule has 0 spiro atoms. The summed E-state index contributed by atoms with van der Waals surface area (Å²) in [7, 11) is 0. The lowest BCUT2D eigenvalue weighted by molar-refractivity contribution is -0.149. The average molecular weight is 301 g/mol. The lowest BCUT2D eigenvalue weighted by Crippen LogP contribution is -2.41. The van der Waals surface area contributed by atoms with Crippen LogP contribution < -0.4 is 5.32 Å². The number of unbranched alkanes of at least 4 members (excludes halogenated alkanes) is 2. The van der Waals surface area contributed by atoms with E-state index in [0.717, 1.165) is 25.7 Å². The lowest BCUT2D eigenvalue weighted by Gasteiger charge is -2.16. The zero-order valence-corrected chi connectivity index (χ0v) is 13.3. The first kappa shape index (κ1) is 19.4. The van der Waals surface area contributed by atoms with E-state index in [2.05, 4.69) is 5.32 Å². The van der Waals surface area contributed by atoms with Gasteiger partial charge >= 0.3 is 11.9 Å². The van der Waals surface area contributed by atoms with Gasteiger partial charge in [0.25, 0.3) is 0 Å². The molecule has 0 aliphatic rings. The predicted molar refractivity (Wildman–Crippen MR) is 78.6 cm³/mol. The van der Waals surface area contributed by atoms with Crippen molar-refractivity contribution < 1.29 is 23.9 Å². The van der Waals surface area contributed by atoms with Gasteiger partial charge in [0.15, 0.2) is 0 Å². The Hall–Kier alpha value is -1.59. The number of esters is 2. The summed E-state index contributed by atoms with van der Waals surface area (Å²) in [5, 5.41) is 2.51. The average Bonchev–Trinajstić information content (AvgIpc) is 2.43. The van der Waals surface area contributed by atoms with E-state index < -0.39 is 12.0 Å². The molecular weight excluding hydrogens is 274 g/mol. The summed E-state index contributed by atoms with van der Waals surface area (Å²) in [5.41, 5.74) is 0. The molecule has 1 unspecified atom stereocenters. The molecule has 0 aromatic rings. The number of hydrogen-bond donors (Lipinski definition) is 1. The number of ether oxygens (including phenoxy) is 2.